The Morgan fingerprint density at radius 2 is 2.00 bits per heavy atom. The molecule has 0 aliphatic carbocycles. The lowest BCUT2D eigenvalue weighted by molar-refractivity contribution is 0.0462. The van der Waals surface area contributed by atoms with Crippen molar-refractivity contribution < 1.29 is 13.9 Å². The molecule has 0 saturated heterocycles. The van der Waals surface area contributed by atoms with Crippen LogP contribution in [0.4, 0.5) is 4.39 Å². The van der Waals surface area contributed by atoms with Gasteiger partial charge in [0.15, 0.2) is 5.69 Å². The lowest BCUT2D eigenvalue weighted by atomic mass is 10.2. The van der Waals surface area contributed by atoms with Crippen molar-refractivity contribution in [2.24, 2.45) is 0 Å². The van der Waals surface area contributed by atoms with Crippen LogP contribution in [-0.2, 0) is 11.3 Å². The second-order valence-corrected chi connectivity index (χ2v) is 6.95. The average Bonchev–Trinajstić information content (AvgIpc) is 3.18. The van der Waals surface area contributed by atoms with E-state index in [0.717, 1.165) is 5.56 Å². The van der Waals surface area contributed by atoms with Crippen molar-refractivity contribution >= 4 is 23.0 Å². The Bertz CT molecular complexity index is 1230. The minimum atomic E-state index is -0.614. The second-order valence-electron chi connectivity index (χ2n) is 6.09. The Morgan fingerprint density at radius 1 is 1.21 bits per heavy atom. The van der Waals surface area contributed by atoms with Crippen LogP contribution in [-0.4, -0.2) is 20.3 Å². The molecule has 140 valence electrons. The summed E-state index contributed by atoms with van der Waals surface area (Å²) in [7, 11) is 0. The number of benzene rings is 1. The lowest BCUT2D eigenvalue weighted by Crippen LogP contribution is -2.17. The monoisotopic (exact) mass is 395 g/mol. The number of fused-ring (bicyclic) bond motifs is 1. The van der Waals surface area contributed by atoms with E-state index >= 15 is 0 Å². The van der Waals surface area contributed by atoms with Crippen LogP contribution in [0, 0.1) is 12.7 Å². The van der Waals surface area contributed by atoms with Crippen LogP contribution in [0.25, 0.3) is 16.2 Å². The fourth-order valence-electron chi connectivity index (χ4n) is 2.69. The standard InChI is InChI=1S/C20H14FN3O3S/c1-12-3-2-8-24-17(25)9-15(22-18(12)24)10-27-20(26)16-11-28-19(23-16)13-4-6-14(21)7-5-13/h2-9,11H,10H2,1H3. The highest BCUT2D eigenvalue weighted by Crippen LogP contribution is 2.24. The van der Waals surface area contributed by atoms with Gasteiger partial charge in [-0.2, -0.15) is 0 Å². The number of rotatable bonds is 4. The number of esters is 1. The number of carbonyl (C=O) groups excluding carboxylic acids is 1. The van der Waals surface area contributed by atoms with Crippen molar-refractivity contribution in [1.82, 2.24) is 14.4 Å². The first-order valence-corrected chi connectivity index (χ1v) is 9.26. The molecule has 8 heteroatoms. The molecule has 1 aromatic carbocycles. The summed E-state index contributed by atoms with van der Waals surface area (Å²) in [6.45, 7) is 1.71. The molecular weight excluding hydrogens is 381 g/mol. The molecule has 0 spiro atoms. The van der Waals surface area contributed by atoms with Gasteiger partial charge in [0.1, 0.15) is 23.1 Å². The normalized spacial score (nSPS) is 10.9. The second kappa shape index (κ2) is 7.32. The van der Waals surface area contributed by atoms with E-state index < -0.39 is 5.97 Å². The van der Waals surface area contributed by atoms with Crippen LogP contribution in [0.15, 0.2) is 58.8 Å². The third kappa shape index (κ3) is 3.54. The first-order chi connectivity index (χ1) is 13.5. The molecule has 4 aromatic rings. The molecule has 3 heterocycles. The highest BCUT2D eigenvalue weighted by Gasteiger charge is 2.14. The van der Waals surface area contributed by atoms with Crippen LogP contribution in [0.1, 0.15) is 21.7 Å². The van der Waals surface area contributed by atoms with Gasteiger partial charge in [-0.1, -0.05) is 6.07 Å². The number of aryl methyl sites for hydroxylation is 1. The van der Waals surface area contributed by atoms with E-state index in [4.69, 9.17) is 4.74 Å². The summed E-state index contributed by atoms with van der Waals surface area (Å²) < 4.78 is 19.7. The van der Waals surface area contributed by atoms with Gasteiger partial charge in [0.2, 0.25) is 0 Å². The van der Waals surface area contributed by atoms with Gasteiger partial charge in [0.25, 0.3) is 5.56 Å². The van der Waals surface area contributed by atoms with Crippen molar-refractivity contribution in [3.63, 3.8) is 0 Å². The van der Waals surface area contributed by atoms with Crippen LogP contribution in [0.5, 0.6) is 0 Å². The largest absolute Gasteiger partial charge is 0.454 e. The molecular formula is C20H14FN3O3S. The number of hydrogen-bond acceptors (Lipinski definition) is 6. The molecule has 0 N–H and O–H groups in total. The van der Waals surface area contributed by atoms with Gasteiger partial charge in [-0.25, -0.2) is 19.2 Å². The minimum absolute atomic E-state index is 0.137. The van der Waals surface area contributed by atoms with Gasteiger partial charge in [0, 0.05) is 23.2 Å². The zero-order valence-electron chi connectivity index (χ0n) is 14.8. The molecule has 6 nitrogen and oxygen atoms in total. The molecule has 0 unspecified atom stereocenters. The van der Waals surface area contributed by atoms with Gasteiger partial charge in [-0.15, -0.1) is 11.3 Å². The molecule has 0 saturated carbocycles. The van der Waals surface area contributed by atoms with Crippen molar-refractivity contribution in [3.8, 4) is 10.6 Å². The number of thiazole rings is 1. The summed E-state index contributed by atoms with van der Waals surface area (Å²) >= 11 is 1.26. The van der Waals surface area contributed by atoms with Gasteiger partial charge in [-0.3, -0.25) is 9.20 Å². The predicted molar refractivity (Wildman–Crippen MR) is 103 cm³/mol. The molecule has 28 heavy (non-hydrogen) atoms. The summed E-state index contributed by atoms with van der Waals surface area (Å²) in [5.74, 6) is -0.953. The molecule has 4 rings (SSSR count). The van der Waals surface area contributed by atoms with E-state index in [-0.39, 0.29) is 23.7 Å². The smallest absolute Gasteiger partial charge is 0.358 e. The molecule has 0 atom stereocenters. The zero-order chi connectivity index (χ0) is 19.7. The maximum Gasteiger partial charge on any atom is 0.358 e. The SMILES string of the molecule is Cc1cccn2c(=O)cc(COC(=O)c3csc(-c4ccc(F)cc4)n3)nc12. The van der Waals surface area contributed by atoms with Crippen LogP contribution in [0.3, 0.4) is 0 Å². The van der Waals surface area contributed by atoms with E-state index in [2.05, 4.69) is 9.97 Å². The maximum absolute atomic E-state index is 13.0. The van der Waals surface area contributed by atoms with Crippen LogP contribution in [0.2, 0.25) is 0 Å². The van der Waals surface area contributed by atoms with Crippen molar-refractivity contribution in [1.29, 1.82) is 0 Å². The summed E-state index contributed by atoms with van der Waals surface area (Å²) in [4.78, 5) is 33.1. The molecule has 0 fully saturated rings. The summed E-state index contributed by atoms with van der Waals surface area (Å²) in [5, 5.41) is 2.16. The van der Waals surface area contributed by atoms with Crippen molar-refractivity contribution in [2.45, 2.75) is 13.5 Å². The first-order valence-electron chi connectivity index (χ1n) is 8.38. The Morgan fingerprint density at radius 3 is 2.79 bits per heavy atom. The lowest BCUT2D eigenvalue weighted by Gasteiger charge is -2.06. The Balaban J connectivity index is 1.51. The first kappa shape index (κ1) is 18.0. The molecule has 0 aliphatic heterocycles. The Labute approximate surface area is 162 Å². The number of aromatic nitrogens is 3. The molecule has 0 bridgehead atoms. The van der Waals surface area contributed by atoms with Crippen LogP contribution < -0.4 is 5.56 Å². The molecule has 0 aliphatic rings. The van der Waals surface area contributed by atoms with Crippen molar-refractivity contribution in [3.05, 3.63) is 87.2 Å². The molecule has 0 radical (unpaired) electrons. The van der Waals surface area contributed by atoms with E-state index in [9.17, 15) is 14.0 Å². The number of pyridine rings is 1. The van der Waals surface area contributed by atoms with Crippen molar-refractivity contribution in [2.75, 3.05) is 0 Å². The zero-order valence-corrected chi connectivity index (χ0v) is 15.6. The van der Waals surface area contributed by atoms with Gasteiger partial charge >= 0.3 is 5.97 Å². The Hall–Kier alpha value is -3.39. The fourth-order valence-corrected chi connectivity index (χ4v) is 3.48. The third-order valence-electron chi connectivity index (χ3n) is 4.09. The van der Waals surface area contributed by atoms with E-state index in [1.807, 2.05) is 13.0 Å². The topological polar surface area (TPSA) is 73.6 Å². The average molecular weight is 395 g/mol. The minimum Gasteiger partial charge on any atom is -0.454 e. The summed E-state index contributed by atoms with van der Waals surface area (Å²) in [6, 6.07) is 10.8. The van der Waals surface area contributed by atoms with E-state index in [1.165, 1.54) is 33.9 Å². The highest BCUT2D eigenvalue weighted by atomic mass is 32.1. The maximum atomic E-state index is 13.0. The van der Waals surface area contributed by atoms with Gasteiger partial charge < -0.3 is 4.74 Å². The fraction of sp³-hybridized carbons (Fsp3) is 0.100. The highest BCUT2D eigenvalue weighted by molar-refractivity contribution is 7.13. The van der Waals surface area contributed by atoms with Crippen LogP contribution >= 0.6 is 11.3 Å². The molecule has 3 aromatic heterocycles. The third-order valence-corrected chi connectivity index (χ3v) is 4.99. The van der Waals surface area contributed by atoms with E-state index in [1.54, 1.807) is 29.8 Å². The number of ether oxygens (including phenoxy) is 1. The van der Waals surface area contributed by atoms with Gasteiger partial charge in [-0.05, 0) is 42.8 Å². The summed E-state index contributed by atoms with van der Waals surface area (Å²) in [6.07, 6.45) is 1.64. The number of nitrogens with zero attached hydrogens (tertiary/aromatic N) is 3. The summed E-state index contributed by atoms with van der Waals surface area (Å²) in [5.41, 5.74) is 2.35. The molecule has 0 amide bonds. The predicted octanol–water partition coefficient (Wildman–Crippen LogP) is 3.62. The van der Waals surface area contributed by atoms with E-state index in [0.29, 0.717) is 21.9 Å². The van der Waals surface area contributed by atoms with Gasteiger partial charge in [0.05, 0.1) is 5.69 Å². The number of halogens is 1. The Kier molecular flexibility index (Phi) is 4.70. The quantitative estimate of drug-likeness (QED) is 0.494. The number of carbonyl (C=O) groups is 1. The number of hydrogen-bond donors (Lipinski definition) is 0.